The zero-order valence-electron chi connectivity index (χ0n) is 12.1. The number of halogens is 1. The third-order valence-corrected chi connectivity index (χ3v) is 4.48. The lowest BCUT2D eigenvalue weighted by Crippen LogP contribution is -2.27. The number of hydrogen-bond acceptors (Lipinski definition) is 2. The van der Waals surface area contributed by atoms with Crippen LogP contribution in [-0.4, -0.2) is 5.11 Å². The molecule has 0 radical (unpaired) electrons. The van der Waals surface area contributed by atoms with Crippen LogP contribution >= 0.6 is 11.6 Å². The van der Waals surface area contributed by atoms with Crippen LogP contribution in [0.25, 0.3) is 0 Å². The molecule has 3 rings (SSSR count). The van der Waals surface area contributed by atoms with Crippen molar-refractivity contribution >= 4 is 11.6 Å². The maximum absolute atomic E-state index is 9.75. The molecule has 2 nitrogen and oxygen atoms in total. The predicted molar refractivity (Wildman–Crippen MR) is 86.8 cm³/mol. The number of hydrogen-bond donors (Lipinski definition) is 2. The summed E-state index contributed by atoms with van der Waals surface area (Å²) in [6, 6.07) is 14.2. The number of fused-ring (bicyclic) bond motifs is 1. The second-order valence-electron chi connectivity index (χ2n) is 5.77. The van der Waals surface area contributed by atoms with E-state index in [1.807, 2.05) is 30.3 Å². The van der Waals surface area contributed by atoms with Crippen LogP contribution in [0.3, 0.4) is 0 Å². The Bertz CT molecular complexity index is 641. The van der Waals surface area contributed by atoms with Gasteiger partial charge >= 0.3 is 0 Å². The summed E-state index contributed by atoms with van der Waals surface area (Å²) in [5.41, 5.74) is 3.76. The third-order valence-electron chi connectivity index (χ3n) is 4.24. The van der Waals surface area contributed by atoms with Gasteiger partial charge in [0.2, 0.25) is 0 Å². The van der Waals surface area contributed by atoms with Gasteiger partial charge in [-0.3, -0.25) is 0 Å². The smallest absolute Gasteiger partial charge is 0.115 e. The lowest BCUT2D eigenvalue weighted by Gasteiger charge is -2.29. The number of aromatic hydroxyl groups is 1. The minimum Gasteiger partial charge on any atom is -0.508 e. The standard InChI is InChI=1S/C18H20ClNO/c1-12(14-5-2-6-15(19)10-14)20-18-7-3-4-13-8-9-16(21)11-17(13)18/h2,5-6,8-12,18,20-21H,3-4,7H2,1H3/t12-,18?/m1/s1. The van der Waals surface area contributed by atoms with Crippen molar-refractivity contribution in [1.29, 1.82) is 0 Å². The van der Waals surface area contributed by atoms with Crippen molar-refractivity contribution < 1.29 is 5.11 Å². The van der Waals surface area contributed by atoms with Gasteiger partial charge in [-0.2, -0.15) is 0 Å². The molecule has 0 fully saturated rings. The zero-order valence-corrected chi connectivity index (χ0v) is 12.9. The Kier molecular flexibility index (Phi) is 4.18. The molecule has 2 atom stereocenters. The van der Waals surface area contributed by atoms with Crippen molar-refractivity contribution in [3.05, 3.63) is 64.2 Å². The van der Waals surface area contributed by atoms with Gasteiger partial charge in [-0.1, -0.05) is 29.8 Å². The molecule has 0 spiro atoms. The number of nitrogens with one attached hydrogen (secondary N) is 1. The Labute approximate surface area is 130 Å². The van der Waals surface area contributed by atoms with Crippen LogP contribution in [-0.2, 0) is 6.42 Å². The van der Waals surface area contributed by atoms with E-state index in [2.05, 4.69) is 18.3 Å². The number of phenols is 1. The van der Waals surface area contributed by atoms with Crippen molar-refractivity contribution in [2.24, 2.45) is 0 Å². The van der Waals surface area contributed by atoms with E-state index in [-0.39, 0.29) is 12.1 Å². The SMILES string of the molecule is C[C@@H](NC1CCCc2ccc(O)cc21)c1cccc(Cl)c1. The van der Waals surface area contributed by atoms with Gasteiger partial charge in [-0.05, 0) is 67.1 Å². The predicted octanol–water partition coefficient (Wildman–Crippen LogP) is 4.77. The van der Waals surface area contributed by atoms with Gasteiger partial charge in [0.15, 0.2) is 0 Å². The zero-order chi connectivity index (χ0) is 14.8. The van der Waals surface area contributed by atoms with Crippen molar-refractivity contribution in [2.45, 2.75) is 38.3 Å². The van der Waals surface area contributed by atoms with Crippen LogP contribution in [0.1, 0.15) is 48.5 Å². The number of aryl methyl sites for hydroxylation is 1. The van der Waals surface area contributed by atoms with E-state index in [9.17, 15) is 5.11 Å². The topological polar surface area (TPSA) is 32.3 Å². The summed E-state index contributed by atoms with van der Waals surface area (Å²) >= 11 is 6.07. The molecule has 3 heteroatoms. The fourth-order valence-electron chi connectivity index (χ4n) is 3.13. The largest absolute Gasteiger partial charge is 0.508 e. The van der Waals surface area contributed by atoms with Crippen molar-refractivity contribution in [3.63, 3.8) is 0 Å². The Hall–Kier alpha value is -1.51. The molecule has 0 bridgehead atoms. The minimum absolute atomic E-state index is 0.224. The lowest BCUT2D eigenvalue weighted by atomic mass is 9.87. The second-order valence-corrected chi connectivity index (χ2v) is 6.21. The van der Waals surface area contributed by atoms with Crippen LogP contribution in [0, 0.1) is 0 Å². The van der Waals surface area contributed by atoms with Crippen LogP contribution in [0.5, 0.6) is 5.75 Å². The van der Waals surface area contributed by atoms with Gasteiger partial charge in [0.05, 0.1) is 0 Å². The fourth-order valence-corrected chi connectivity index (χ4v) is 3.33. The molecular weight excluding hydrogens is 282 g/mol. The van der Waals surface area contributed by atoms with Crippen molar-refractivity contribution in [2.75, 3.05) is 0 Å². The average Bonchev–Trinajstić information content (AvgIpc) is 2.48. The summed E-state index contributed by atoms with van der Waals surface area (Å²) in [4.78, 5) is 0. The number of phenolic OH excluding ortho intramolecular Hbond substituents is 1. The fraction of sp³-hybridized carbons (Fsp3) is 0.333. The van der Waals surface area contributed by atoms with E-state index < -0.39 is 0 Å². The summed E-state index contributed by atoms with van der Waals surface area (Å²) in [6.07, 6.45) is 3.37. The minimum atomic E-state index is 0.224. The molecule has 2 N–H and O–H groups in total. The van der Waals surface area contributed by atoms with E-state index in [0.717, 1.165) is 17.9 Å². The summed E-state index contributed by atoms with van der Waals surface area (Å²) in [7, 11) is 0. The Morgan fingerprint density at radius 1 is 1.24 bits per heavy atom. The highest BCUT2D eigenvalue weighted by Crippen LogP contribution is 2.34. The van der Waals surface area contributed by atoms with E-state index >= 15 is 0 Å². The quantitative estimate of drug-likeness (QED) is 0.855. The van der Waals surface area contributed by atoms with E-state index in [0.29, 0.717) is 5.75 Å². The van der Waals surface area contributed by atoms with Gasteiger partial charge in [0.25, 0.3) is 0 Å². The second kappa shape index (κ2) is 6.08. The highest BCUT2D eigenvalue weighted by atomic mass is 35.5. The maximum Gasteiger partial charge on any atom is 0.115 e. The number of rotatable bonds is 3. The Balaban J connectivity index is 1.81. The van der Waals surface area contributed by atoms with E-state index in [4.69, 9.17) is 11.6 Å². The first-order valence-corrected chi connectivity index (χ1v) is 7.84. The normalized spacial score (nSPS) is 19.0. The average molecular weight is 302 g/mol. The summed E-state index contributed by atoms with van der Waals surface area (Å²) in [5.74, 6) is 0.345. The van der Waals surface area contributed by atoms with Gasteiger partial charge in [0, 0.05) is 17.1 Å². The van der Waals surface area contributed by atoms with Crippen molar-refractivity contribution in [1.82, 2.24) is 5.32 Å². The first-order valence-electron chi connectivity index (χ1n) is 7.47. The first kappa shape index (κ1) is 14.4. The molecule has 21 heavy (non-hydrogen) atoms. The highest BCUT2D eigenvalue weighted by molar-refractivity contribution is 6.30. The summed E-state index contributed by atoms with van der Waals surface area (Å²) in [6.45, 7) is 2.16. The molecular formula is C18H20ClNO. The van der Waals surface area contributed by atoms with Gasteiger partial charge in [0.1, 0.15) is 5.75 Å². The van der Waals surface area contributed by atoms with Gasteiger partial charge in [-0.25, -0.2) is 0 Å². The molecule has 0 saturated heterocycles. The summed E-state index contributed by atoms with van der Waals surface area (Å²) in [5, 5.41) is 14.2. The van der Waals surface area contributed by atoms with Crippen LogP contribution < -0.4 is 5.32 Å². The molecule has 110 valence electrons. The molecule has 0 amide bonds. The van der Waals surface area contributed by atoms with E-state index in [1.165, 1.54) is 23.1 Å². The molecule has 1 aliphatic rings. The first-order chi connectivity index (χ1) is 10.1. The molecule has 1 aliphatic carbocycles. The number of benzene rings is 2. The molecule has 2 aromatic carbocycles. The Morgan fingerprint density at radius 2 is 2.10 bits per heavy atom. The monoisotopic (exact) mass is 301 g/mol. The molecule has 0 aliphatic heterocycles. The molecule has 2 aromatic rings. The molecule has 1 unspecified atom stereocenters. The third kappa shape index (κ3) is 3.22. The van der Waals surface area contributed by atoms with Gasteiger partial charge < -0.3 is 10.4 Å². The highest BCUT2D eigenvalue weighted by Gasteiger charge is 2.22. The van der Waals surface area contributed by atoms with Crippen LogP contribution in [0.2, 0.25) is 5.02 Å². The van der Waals surface area contributed by atoms with Gasteiger partial charge in [-0.15, -0.1) is 0 Å². The lowest BCUT2D eigenvalue weighted by molar-refractivity contribution is 0.411. The summed E-state index contributed by atoms with van der Waals surface area (Å²) < 4.78 is 0. The molecule has 0 aromatic heterocycles. The maximum atomic E-state index is 9.75. The van der Waals surface area contributed by atoms with Crippen LogP contribution in [0.15, 0.2) is 42.5 Å². The van der Waals surface area contributed by atoms with Crippen molar-refractivity contribution in [3.8, 4) is 5.75 Å². The molecule has 0 heterocycles. The van der Waals surface area contributed by atoms with Crippen LogP contribution in [0.4, 0.5) is 0 Å². The molecule has 0 saturated carbocycles. The Morgan fingerprint density at radius 3 is 2.90 bits per heavy atom. The van der Waals surface area contributed by atoms with E-state index in [1.54, 1.807) is 6.07 Å².